The number of rotatable bonds is 10. The van der Waals surface area contributed by atoms with E-state index in [1.807, 2.05) is 30.3 Å². The minimum Gasteiger partial charge on any atom is -0.326 e. The summed E-state index contributed by atoms with van der Waals surface area (Å²) in [6.45, 7) is 2.38. The summed E-state index contributed by atoms with van der Waals surface area (Å²) in [5.74, 6) is -0.448. The number of hydrogen-bond acceptors (Lipinski definition) is 5. The van der Waals surface area contributed by atoms with E-state index >= 15 is 0 Å². The standard InChI is InChI=1S/C28H32ClN3O5S2/c1-21-9-10-24(29)20-27(21)31-39(36,37)26-13-11-25(12-14-26)30-28(33)23-15-17-32(18-16-23)38(34,35)19-5-8-22-6-3-2-4-7-22/h2-4,6-7,9-14,20,23,31H,5,8,15-19H2,1H3,(H,30,33). The van der Waals surface area contributed by atoms with E-state index < -0.39 is 20.0 Å². The van der Waals surface area contributed by atoms with E-state index in [2.05, 4.69) is 10.0 Å². The molecule has 2 N–H and O–H groups in total. The SMILES string of the molecule is Cc1ccc(Cl)cc1NS(=O)(=O)c1ccc(NC(=O)C2CCN(S(=O)(=O)CCCc3ccccc3)CC2)cc1. The summed E-state index contributed by atoms with van der Waals surface area (Å²) < 4.78 is 55.2. The third kappa shape index (κ3) is 7.82. The molecule has 208 valence electrons. The number of anilines is 2. The van der Waals surface area contributed by atoms with Gasteiger partial charge in [-0.2, -0.15) is 0 Å². The second kappa shape index (κ2) is 12.5. The van der Waals surface area contributed by atoms with Crippen LogP contribution in [0.5, 0.6) is 0 Å². The third-order valence-corrected chi connectivity index (χ3v) is 10.4. The Balaban J connectivity index is 1.27. The average molecular weight is 590 g/mol. The van der Waals surface area contributed by atoms with Crippen molar-refractivity contribution >= 4 is 48.9 Å². The fourth-order valence-electron chi connectivity index (χ4n) is 4.50. The Bertz CT molecular complexity index is 1500. The van der Waals surface area contributed by atoms with Crippen molar-refractivity contribution in [3.63, 3.8) is 0 Å². The van der Waals surface area contributed by atoms with E-state index in [0.717, 1.165) is 11.1 Å². The highest BCUT2D eigenvalue weighted by Crippen LogP contribution is 2.25. The van der Waals surface area contributed by atoms with Crippen LogP contribution in [-0.2, 0) is 31.3 Å². The molecule has 0 atom stereocenters. The maximum atomic E-state index is 12.8. The molecule has 0 radical (unpaired) electrons. The van der Waals surface area contributed by atoms with Gasteiger partial charge in [0, 0.05) is 29.7 Å². The van der Waals surface area contributed by atoms with E-state index in [1.54, 1.807) is 25.1 Å². The first kappa shape index (κ1) is 29.1. The molecule has 11 heteroatoms. The van der Waals surface area contributed by atoms with Crippen LogP contribution in [0.25, 0.3) is 0 Å². The van der Waals surface area contributed by atoms with Crippen molar-refractivity contribution in [1.29, 1.82) is 0 Å². The average Bonchev–Trinajstić information content (AvgIpc) is 2.91. The predicted octanol–water partition coefficient (Wildman–Crippen LogP) is 5.06. The monoisotopic (exact) mass is 589 g/mol. The van der Waals surface area contributed by atoms with Gasteiger partial charge in [0.25, 0.3) is 10.0 Å². The Morgan fingerprint density at radius 1 is 0.949 bits per heavy atom. The van der Waals surface area contributed by atoms with E-state index in [9.17, 15) is 21.6 Å². The molecule has 4 rings (SSSR count). The molecule has 3 aromatic rings. The molecule has 1 aliphatic heterocycles. The summed E-state index contributed by atoms with van der Waals surface area (Å²) in [5.41, 5.74) is 2.71. The van der Waals surface area contributed by atoms with Gasteiger partial charge in [0.2, 0.25) is 15.9 Å². The van der Waals surface area contributed by atoms with E-state index in [0.29, 0.717) is 55.2 Å². The van der Waals surface area contributed by atoms with Crippen LogP contribution in [0.1, 0.15) is 30.4 Å². The first-order valence-corrected chi connectivity index (χ1v) is 16.2. The summed E-state index contributed by atoms with van der Waals surface area (Å²) in [6, 6.07) is 20.6. The van der Waals surface area contributed by atoms with Crippen LogP contribution in [0.15, 0.2) is 77.7 Å². The van der Waals surface area contributed by atoms with Crippen LogP contribution in [0.2, 0.25) is 5.02 Å². The molecule has 0 spiro atoms. The lowest BCUT2D eigenvalue weighted by Crippen LogP contribution is -2.42. The lowest BCUT2D eigenvalue weighted by atomic mass is 9.97. The molecule has 0 aliphatic carbocycles. The molecule has 0 saturated carbocycles. The van der Waals surface area contributed by atoms with Crippen molar-refractivity contribution in [2.24, 2.45) is 5.92 Å². The van der Waals surface area contributed by atoms with Crippen molar-refractivity contribution in [3.05, 3.63) is 88.9 Å². The van der Waals surface area contributed by atoms with Crippen molar-refractivity contribution in [3.8, 4) is 0 Å². The molecular weight excluding hydrogens is 558 g/mol. The first-order chi connectivity index (χ1) is 18.5. The van der Waals surface area contributed by atoms with Crippen LogP contribution in [-0.4, -0.2) is 45.9 Å². The zero-order chi connectivity index (χ0) is 28.0. The van der Waals surface area contributed by atoms with Gasteiger partial charge < -0.3 is 5.32 Å². The Labute approximate surface area is 235 Å². The highest BCUT2D eigenvalue weighted by Gasteiger charge is 2.31. The molecule has 0 unspecified atom stereocenters. The summed E-state index contributed by atoms with van der Waals surface area (Å²) in [7, 11) is -7.22. The van der Waals surface area contributed by atoms with Gasteiger partial charge in [0.05, 0.1) is 16.3 Å². The normalized spacial score (nSPS) is 15.1. The Morgan fingerprint density at radius 3 is 2.28 bits per heavy atom. The Morgan fingerprint density at radius 2 is 1.62 bits per heavy atom. The van der Waals surface area contributed by atoms with Gasteiger partial charge in [-0.25, -0.2) is 21.1 Å². The van der Waals surface area contributed by atoms with Crippen molar-refractivity contribution in [1.82, 2.24) is 4.31 Å². The van der Waals surface area contributed by atoms with Gasteiger partial charge >= 0.3 is 0 Å². The molecular formula is C28H32ClN3O5S2. The number of nitrogens with zero attached hydrogens (tertiary/aromatic N) is 1. The lowest BCUT2D eigenvalue weighted by molar-refractivity contribution is -0.120. The second-order valence-electron chi connectivity index (χ2n) is 9.66. The second-order valence-corrected chi connectivity index (χ2v) is 13.9. The molecule has 39 heavy (non-hydrogen) atoms. The molecule has 1 amide bonds. The number of halogens is 1. The first-order valence-electron chi connectivity index (χ1n) is 12.8. The summed E-state index contributed by atoms with van der Waals surface area (Å²) in [6.07, 6.45) is 2.11. The smallest absolute Gasteiger partial charge is 0.261 e. The Hall–Kier alpha value is -2.92. The molecule has 0 bridgehead atoms. The number of carbonyl (C=O) groups is 1. The van der Waals surface area contributed by atoms with Crippen LogP contribution < -0.4 is 10.0 Å². The molecule has 1 saturated heterocycles. The minimum absolute atomic E-state index is 0.0469. The van der Waals surface area contributed by atoms with Gasteiger partial charge in [-0.3, -0.25) is 9.52 Å². The third-order valence-electron chi connectivity index (χ3n) is 6.80. The van der Waals surface area contributed by atoms with Crippen molar-refractivity contribution < 1.29 is 21.6 Å². The van der Waals surface area contributed by atoms with Gasteiger partial charge in [-0.15, -0.1) is 0 Å². The zero-order valence-corrected chi connectivity index (χ0v) is 24.0. The number of benzene rings is 3. The fraction of sp³-hybridized carbons (Fsp3) is 0.321. The summed E-state index contributed by atoms with van der Waals surface area (Å²) in [4.78, 5) is 12.9. The lowest BCUT2D eigenvalue weighted by Gasteiger charge is -2.30. The number of nitrogens with one attached hydrogen (secondary N) is 2. The number of sulfonamides is 2. The highest BCUT2D eigenvalue weighted by molar-refractivity contribution is 7.92. The van der Waals surface area contributed by atoms with Gasteiger partial charge in [0.15, 0.2) is 0 Å². The van der Waals surface area contributed by atoms with Crippen LogP contribution in [0.3, 0.4) is 0 Å². The highest BCUT2D eigenvalue weighted by atomic mass is 35.5. The van der Waals surface area contributed by atoms with Gasteiger partial charge in [0.1, 0.15) is 0 Å². The van der Waals surface area contributed by atoms with Crippen molar-refractivity contribution in [2.45, 2.75) is 37.5 Å². The topological polar surface area (TPSA) is 113 Å². The van der Waals surface area contributed by atoms with Gasteiger partial charge in [-0.1, -0.05) is 48.0 Å². The molecule has 0 aromatic heterocycles. The largest absolute Gasteiger partial charge is 0.326 e. The molecule has 1 heterocycles. The van der Waals surface area contributed by atoms with Crippen LogP contribution >= 0.6 is 11.6 Å². The molecule has 1 aliphatic rings. The maximum absolute atomic E-state index is 12.8. The van der Waals surface area contributed by atoms with E-state index in [1.165, 1.54) is 28.6 Å². The zero-order valence-electron chi connectivity index (χ0n) is 21.6. The van der Waals surface area contributed by atoms with E-state index in [4.69, 9.17) is 11.6 Å². The molecule has 3 aromatic carbocycles. The fourth-order valence-corrected chi connectivity index (χ4v) is 7.33. The number of hydrogen-bond donors (Lipinski definition) is 2. The predicted molar refractivity (Wildman–Crippen MR) is 155 cm³/mol. The number of carbonyl (C=O) groups excluding carboxylic acids is 1. The van der Waals surface area contributed by atoms with Gasteiger partial charge in [-0.05, 0) is 80.1 Å². The van der Waals surface area contributed by atoms with Crippen LogP contribution in [0.4, 0.5) is 11.4 Å². The van der Waals surface area contributed by atoms with Crippen molar-refractivity contribution in [2.75, 3.05) is 28.9 Å². The summed E-state index contributed by atoms with van der Waals surface area (Å²) in [5, 5.41) is 3.24. The number of piperidine rings is 1. The van der Waals surface area contributed by atoms with Crippen LogP contribution in [0, 0.1) is 12.8 Å². The maximum Gasteiger partial charge on any atom is 0.261 e. The number of amides is 1. The Kier molecular flexibility index (Phi) is 9.32. The summed E-state index contributed by atoms with van der Waals surface area (Å²) >= 11 is 5.99. The minimum atomic E-state index is -3.84. The molecule has 8 nitrogen and oxygen atoms in total. The number of aryl methyl sites for hydroxylation is 2. The molecule has 1 fully saturated rings. The van der Waals surface area contributed by atoms with E-state index in [-0.39, 0.29) is 22.5 Å². The quantitative estimate of drug-likeness (QED) is 0.343.